The number of nitrogens with two attached hydrogens (primary N) is 1. The maximum absolute atomic E-state index is 15.1. The first kappa shape index (κ1) is 80.2. The first-order chi connectivity index (χ1) is 46.5. The van der Waals surface area contributed by atoms with Crippen molar-refractivity contribution >= 4 is 82.8 Å². The molecule has 99 heavy (non-hydrogen) atoms. The fraction of sp³-hybridized carbons (Fsp3) is 0.768. The lowest BCUT2D eigenvalue weighted by atomic mass is 9.99. The van der Waals surface area contributed by atoms with Crippen LogP contribution >= 0.6 is 0 Å². The first-order valence-electron chi connectivity index (χ1n) is 35.5. The molecule has 0 aromatic heterocycles. The zero-order chi connectivity index (χ0) is 73.9. The summed E-state index contributed by atoms with van der Waals surface area (Å²) in [6.07, 6.45) is 11.2. The third-order valence-corrected chi connectivity index (χ3v) is 21.3. The second-order valence-corrected chi connectivity index (χ2v) is 30.0. The molecule has 12 amide bonds. The minimum atomic E-state index is -2.22. The van der Waals surface area contributed by atoms with Gasteiger partial charge in [-0.15, -0.1) is 6.58 Å². The van der Waals surface area contributed by atoms with Gasteiger partial charge in [-0.25, -0.2) is 0 Å². The van der Waals surface area contributed by atoms with E-state index in [1.54, 1.807) is 27.7 Å². The van der Waals surface area contributed by atoms with Gasteiger partial charge in [-0.3, -0.25) is 67.1 Å². The number of carbonyl (C=O) groups excluding carboxylic acids is 12. The van der Waals surface area contributed by atoms with Crippen LogP contribution in [-0.4, -0.2) is 192 Å². The number of carboxylic acids is 2. The molecule has 6 aliphatic rings. The van der Waals surface area contributed by atoms with Crippen molar-refractivity contribution in [3.8, 4) is 0 Å². The van der Waals surface area contributed by atoms with Gasteiger partial charge in [0.25, 0.3) is 0 Å². The molecule has 30 nitrogen and oxygen atoms in total. The second-order valence-electron chi connectivity index (χ2n) is 30.0. The van der Waals surface area contributed by atoms with Crippen molar-refractivity contribution < 1.29 is 87.5 Å². The van der Waals surface area contributed by atoms with Gasteiger partial charge in [0.15, 0.2) is 0 Å². The molecule has 0 heterocycles. The Bertz CT molecular complexity index is 3090. The van der Waals surface area contributed by atoms with Gasteiger partial charge >= 0.3 is 11.9 Å². The molecule has 6 fully saturated rings. The summed E-state index contributed by atoms with van der Waals surface area (Å²) in [4.78, 5) is 194. The number of hydrogen-bond donors (Lipinski definition) is 15. The number of rotatable bonds is 45. The van der Waals surface area contributed by atoms with Crippen LogP contribution in [0, 0.1) is 53.3 Å². The number of amides is 12. The zero-order valence-electron chi connectivity index (χ0n) is 59.3. The molecule has 554 valence electrons. The second kappa shape index (κ2) is 33.1. The van der Waals surface area contributed by atoms with Crippen molar-refractivity contribution in [1.29, 1.82) is 0 Å². The Balaban J connectivity index is 1.17. The lowest BCUT2D eigenvalue weighted by Crippen LogP contribution is -2.64. The summed E-state index contributed by atoms with van der Waals surface area (Å²) in [7, 11) is 1.28. The Morgan fingerprint density at radius 3 is 1.44 bits per heavy atom. The minimum absolute atomic E-state index is 0.0138. The van der Waals surface area contributed by atoms with Gasteiger partial charge in [-0.1, -0.05) is 132 Å². The summed E-state index contributed by atoms with van der Waals surface area (Å²) in [6, 6.07) is -6.31. The molecule has 30 heteroatoms. The number of aliphatic hydroxyl groups excluding tert-OH is 2. The van der Waals surface area contributed by atoms with Crippen LogP contribution in [0.3, 0.4) is 0 Å². The quantitative estimate of drug-likeness (QED) is 0.0289. The normalized spacial score (nSPS) is 29.2. The number of likely N-dealkylation sites (N-methyl/N-ethyl adjacent to an activating group) is 1. The maximum Gasteiger partial charge on any atom is 0.309 e. The van der Waals surface area contributed by atoms with Crippen LogP contribution < -0.4 is 58.9 Å². The van der Waals surface area contributed by atoms with Crippen molar-refractivity contribution in [3.63, 3.8) is 0 Å². The van der Waals surface area contributed by atoms with Crippen LogP contribution in [0.2, 0.25) is 0 Å². The molecule has 0 bridgehead atoms. The molecule has 0 aromatic rings. The molecule has 0 spiro atoms. The van der Waals surface area contributed by atoms with Crippen molar-refractivity contribution in [3.05, 3.63) is 12.7 Å². The van der Waals surface area contributed by atoms with Crippen molar-refractivity contribution in [2.24, 2.45) is 59.0 Å². The number of hydrogen-bond acceptors (Lipinski definition) is 16. The number of aliphatic hydroxyl groups is 2. The molecular weight excluding hydrogens is 1280 g/mol. The highest BCUT2D eigenvalue weighted by molar-refractivity contribution is 6.07. The van der Waals surface area contributed by atoms with Gasteiger partial charge in [0.1, 0.15) is 57.4 Å². The van der Waals surface area contributed by atoms with Crippen LogP contribution in [0.4, 0.5) is 0 Å². The molecule has 6 saturated carbocycles. The molecule has 0 saturated heterocycles. The van der Waals surface area contributed by atoms with E-state index in [0.717, 1.165) is 62.7 Å². The third-order valence-electron chi connectivity index (χ3n) is 21.3. The molecule has 0 aromatic carbocycles. The highest BCUT2D eigenvalue weighted by Gasteiger charge is 2.70. The maximum atomic E-state index is 15.1. The standard InChI is InChI=1S/C69H110N12O18/c1-12-15-17-19-21-23-26-47(52(86)78-68(32-45(68)56(90)91)59(95)71-34-51(85)76-66(58(70)94)30-43(66)38(6)7)72-62(98)69(33-46(69)57(92)93)80-55(89)50(27-37(4)5)81(11)63(99)65(29-41(65)24-14-3)77-53(87)48(35-82)74-61(97)67(31-44(67)39(8)9)79-54(88)49(36-83)73-60(96)64(75-40(10)84)28-42(64)25-22-20-18-16-13-2/h14,37-39,41-50,82-83H,3,12-13,15-36H2,1-2,4-11H3,(H2,70,94)(H,71,95)(H,72,98)(H,73,96)(H,74,97)(H,75,84)(H,76,85)(H,77,87)(H,78,86)(H,79,88)(H,80,89)(H,90,91)(H,92,93)/t41?,42?,43?,44?,45?,46?,47-,48-,49-,50-,64?,65?,66?,67?,68?,69?/m1/s1. The topological polar surface area (TPSA) is 469 Å². The van der Waals surface area contributed by atoms with Crippen LogP contribution in [0.15, 0.2) is 12.7 Å². The molecule has 0 aliphatic heterocycles. The van der Waals surface area contributed by atoms with E-state index in [-0.39, 0.29) is 68.1 Å². The molecule has 6 aliphatic carbocycles. The van der Waals surface area contributed by atoms with E-state index in [1.165, 1.54) is 20.0 Å². The van der Waals surface area contributed by atoms with Gasteiger partial charge in [-0.05, 0) is 106 Å². The van der Waals surface area contributed by atoms with E-state index in [1.807, 2.05) is 20.8 Å². The van der Waals surface area contributed by atoms with Crippen LogP contribution in [0.25, 0.3) is 0 Å². The molecule has 0 radical (unpaired) electrons. The van der Waals surface area contributed by atoms with Crippen molar-refractivity contribution in [1.82, 2.24) is 58.1 Å². The predicted molar refractivity (Wildman–Crippen MR) is 359 cm³/mol. The zero-order valence-corrected chi connectivity index (χ0v) is 59.3. The number of nitrogens with zero attached hydrogens (tertiary/aromatic N) is 1. The number of primary amides is 1. The van der Waals surface area contributed by atoms with Gasteiger partial charge in [0.2, 0.25) is 70.9 Å². The fourth-order valence-corrected chi connectivity index (χ4v) is 14.7. The molecule has 16 N–H and O–H groups in total. The summed E-state index contributed by atoms with van der Waals surface area (Å²) in [6.45, 7) is 17.4. The van der Waals surface area contributed by atoms with E-state index < -0.39 is 196 Å². The number of allylic oxidation sites excluding steroid dienone is 1. The third kappa shape index (κ3) is 18.4. The number of carbonyl (C=O) groups is 14. The first-order valence-corrected chi connectivity index (χ1v) is 35.5. The lowest BCUT2D eigenvalue weighted by molar-refractivity contribution is -0.146. The Morgan fingerprint density at radius 1 is 0.525 bits per heavy atom. The number of nitrogens with one attached hydrogen (secondary N) is 10. The Hall–Kier alpha value is -7.76. The van der Waals surface area contributed by atoms with E-state index in [0.29, 0.717) is 25.7 Å². The van der Waals surface area contributed by atoms with Crippen LogP contribution in [-0.2, 0) is 67.1 Å². The average Bonchev–Trinajstić information content (AvgIpc) is 1.58. The highest BCUT2D eigenvalue weighted by Crippen LogP contribution is 2.52. The monoisotopic (exact) mass is 1390 g/mol. The van der Waals surface area contributed by atoms with Gasteiger partial charge in [0.05, 0.1) is 31.6 Å². The summed E-state index contributed by atoms with van der Waals surface area (Å²) in [5, 5.41) is 67.7. The Kier molecular flexibility index (Phi) is 26.9. The summed E-state index contributed by atoms with van der Waals surface area (Å²) in [5.41, 5.74) is -4.81. The number of unbranched alkanes of at least 4 members (excludes halogenated alkanes) is 9. The molecular formula is C69H110N12O18. The molecule has 16 atom stereocenters. The van der Waals surface area contributed by atoms with E-state index in [2.05, 4.69) is 66.7 Å². The van der Waals surface area contributed by atoms with Crippen LogP contribution in [0.1, 0.15) is 197 Å². The predicted octanol–water partition coefficient (Wildman–Crippen LogP) is 0.338. The van der Waals surface area contributed by atoms with E-state index >= 15 is 4.79 Å². The molecule has 12 unspecified atom stereocenters. The van der Waals surface area contributed by atoms with Crippen molar-refractivity contribution in [2.45, 2.75) is 255 Å². The van der Waals surface area contributed by atoms with Crippen LogP contribution in [0.5, 0.6) is 0 Å². The van der Waals surface area contributed by atoms with E-state index in [9.17, 15) is 82.8 Å². The van der Waals surface area contributed by atoms with E-state index in [4.69, 9.17) is 5.73 Å². The summed E-state index contributed by atoms with van der Waals surface area (Å²) >= 11 is 0. The highest BCUT2D eigenvalue weighted by atomic mass is 16.4. The van der Waals surface area contributed by atoms with Crippen molar-refractivity contribution in [2.75, 3.05) is 26.8 Å². The minimum Gasteiger partial charge on any atom is -0.481 e. The lowest BCUT2D eigenvalue weighted by Gasteiger charge is -2.34. The Labute approximate surface area is 579 Å². The average molecular weight is 1400 g/mol. The van der Waals surface area contributed by atoms with Gasteiger partial charge in [0, 0.05) is 14.0 Å². The number of aliphatic carboxylic acids is 2. The van der Waals surface area contributed by atoms with Gasteiger partial charge < -0.3 is 84.2 Å². The van der Waals surface area contributed by atoms with Gasteiger partial charge in [-0.2, -0.15) is 0 Å². The Morgan fingerprint density at radius 2 is 0.970 bits per heavy atom. The molecule has 6 rings (SSSR count). The number of carboxylic acid groups (broad SMARTS) is 2. The fourth-order valence-electron chi connectivity index (χ4n) is 14.7. The summed E-state index contributed by atoms with van der Waals surface area (Å²) < 4.78 is 0. The SMILES string of the molecule is C=CCC1CC1(NC(=O)[C@@H](CO)NC(=O)C1(NC(=O)[C@@H](CO)NC(=O)C2(NC(C)=O)CC2CCCCCCC)CC1C(C)C)C(=O)N(C)[C@H](CC(C)C)C(=O)NC1(C(=O)N[C@H](CCCCCCCC)C(=O)NC2(C(=O)NCC(=O)NC3(C(N)=O)CC3C(C)C)CC2C(=O)O)CC1C(=O)O. The smallest absolute Gasteiger partial charge is 0.309 e. The largest absolute Gasteiger partial charge is 0.481 e. The summed E-state index contributed by atoms with van der Waals surface area (Å²) in [5.74, 6) is -18.7.